The Balaban J connectivity index is 1.86. The van der Waals surface area contributed by atoms with Crippen molar-refractivity contribution >= 4 is 0 Å². The van der Waals surface area contributed by atoms with E-state index >= 15 is 0 Å². The van der Waals surface area contributed by atoms with Crippen molar-refractivity contribution in [2.24, 2.45) is 29.1 Å². The van der Waals surface area contributed by atoms with Gasteiger partial charge in [-0.05, 0) is 61.2 Å². The third kappa shape index (κ3) is 0.980. The lowest BCUT2D eigenvalue weighted by Gasteiger charge is -2.31. The summed E-state index contributed by atoms with van der Waals surface area (Å²) in [6.45, 7) is 4.94. The molecule has 3 aliphatic carbocycles. The van der Waals surface area contributed by atoms with Crippen molar-refractivity contribution in [3.05, 3.63) is 0 Å². The predicted molar refractivity (Wildman–Crippen MR) is 55.4 cm³/mol. The van der Waals surface area contributed by atoms with E-state index in [2.05, 4.69) is 13.8 Å². The Bertz CT molecular complexity index is 218. The standard InChI is InChI=1S/C13H22/c1-3-4-13(2)8-10-5-9-6-11(10)12(13)7-9/h9-12H,3-8H2,1-2H3. The second-order valence-corrected chi connectivity index (χ2v) is 6.21. The lowest BCUT2D eigenvalue weighted by molar-refractivity contribution is 0.187. The highest BCUT2D eigenvalue weighted by Crippen LogP contribution is 2.67. The second kappa shape index (κ2) is 2.52. The van der Waals surface area contributed by atoms with Crippen LogP contribution in [0, 0.1) is 29.1 Å². The monoisotopic (exact) mass is 178 g/mol. The Hall–Kier alpha value is 0. The van der Waals surface area contributed by atoms with E-state index in [-0.39, 0.29) is 0 Å². The molecule has 3 saturated carbocycles. The van der Waals surface area contributed by atoms with Crippen molar-refractivity contribution in [2.45, 2.75) is 52.4 Å². The van der Waals surface area contributed by atoms with E-state index in [1.165, 1.54) is 18.8 Å². The predicted octanol–water partition coefficient (Wildman–Crippen LogP) is 3.86. The summed E-state index contributed by atoms with van der Waals surface area (Å²) in [5, 5.41) is 0. The molecule has 3 fully saturated rings. The van der Waals surface area contributed by atoms with Crippen molar-refractivity contribution in [3.8, 4) is 0 Å². The molecule has 13 heavy (non-hydrogen) atoms. The largest absolute Gasteiger partial charge is 0.0654 e. The Morgan fingerprint density at radius 1 is 1.23 bits per heavy atom. The van der Waals surface area contributed by atoms with Gasteiger partial charge in [0.1, 0.15) is 0 Å². The summed E-state index contributed by atoms with van der Waals surface area (Å²) in [5.74, 6) is 4.61. The minimum Gasteiger partial charge on any atom is -0.0654 e. The Labute approximate surface area is 82.1 Å². The van der Waals surface area contributed by atoms with Crippen molar-refractivity contribution in [1.29, 1.82) is 0 Å². The van der Waals surface area contributed by atoms with Gasteiger partial charge in [-0.15, -0.1) is 0 Å². The van der Waals surface area contributed by atoms with E-state index < -0.39 is 0 Å². The molecule has 0 nitrogen and oxygen atoms in total. The van der Waals surface area contributed by atoms with Crippen LogP contribution in [0.5, 0.6) is 0 Å². The first-order chi connectivity index (χ1) is 6.23. The first kappa shape index (κ1) is 8.32. The molecule has 5 atom stereocenters. The molecule has 0 N–H and O–H groups in total. The topological polar surface area (TPSA) is 0 Å². The van der Waals surface area contributed by atoms with E-state index in [0.29, 0.717) is 0 Å². The lowest BCUT2D eigenvalue weighted by Crippen LogP contribution is -2.22. The molecular formula is C13H22. The highest BCUT2D eigenvalue weighted by molar-refractivity contribution is 5.08. The zero-order valence-electron chi connectivity index (χ0n) is 9.05. The second-order valence-electron chi connectivity index (χ2n) is 6.21. The summed E-state index contributed by atoms with van der Waals surface area (Å²) in [6.07, 6.45) is 9.27. The quantitative estimate of drug-likeness (QED) is 0.602. The smallest absolute Gasteiger partial charge is 0.0292 e. The molecular weight excluding hydrogens is 156 g/mol. The third-order valence-electron chi connectivity index (χ3n) is 5.40. The van der Waals surface area contributed by atoms with Crippen molar-refractivity contribution < 1.29 is 0 Å². The fraction of sp³-hybridized carbons (Fsp3) is 1.00. The van der Waals surface area contributed by atoms with E-state index in [0.717, 1.165) is 23.2 Å². The zero-order chi connectivity index (χ0) is 9.05. The normalized spacial score (nSPS) is 57.7. The minimum absolute atomic E-state index is 0.759. The van der Waals surface area contributed by atoms with Crippen LogP contribution in [0.2, 0.25) is 0 Å². The molecule has 0 aromatic carbocycles. The molecule has 0 radical (unpaired) electrons. The lowest BCUT2D eigenvalue weighted by atomic mass is 9.74. The van der Waals surface area contributed by atoms with Crippen LogP contribution < -0.4 is 0 Å². The molecule has 0 amide bonds. The highest BCUT2D eigenvalue weighted by Gasteiger charge is 2.58. The Morgan fingerprint density at radius 3 is 2.69 bits per heavy atom. The molecule has 5 unspecified atom stereocenters. The third-order valence-corrected chi connectivity index (χ3v) is 5.40. The van der Waals surface area contributed by atoms with Crippen LogP contribution in [0.3, 0.4) is 0 Å². The van der Waals surface area contributed by atoms with Gasteiger partial charge in [0.05, 0.1) is 0 Å². The molecule has 0 heteroatoms. The number of rotatable bonds is 2. The molecule has 74 valence electrons. The maximum atomic E-state index is 2.59. The molecule has 0 heterocycles. The molecule has 0 aromatic rings. The average Bonchev–Trinajstić information content (AvgIpc) is 2.64. The molecule has 2 bridgehead atoms. The van der Waals surface area contributed by atoms with Crippen LogP contribution in [-0.2, 0) is 0 Å². The van der Waals surface area contributed by atoms with E-state index in [4.69, 9.17) is 0 Å². The molecule has 3 rings (SSSR count). The van der Waals surface area contributed by atoms with Gasteiger partial charge in [0.2, 0.25) is 0 Å². The maximum Gasteiger partial charge on any atom is -0.0292 e. The van der Waals surface area contributed by atoms with Gasteiger partial charge in [0, 0.05) is 0 Å². The van der Waals surface area contributed by atoms with Crippen LogP contribution in [0.15, 0.2) is 0 Å². The van der Waals surface area contributed by atoms with E-state index in [1.54, 1.807) is 25.7 Å². The maximum absolute atomic E-state index is 2.59. The summed E-state index contributed by atoms with van der Waals surface area (Å²) < 4.78 is 0. The van der Waals surface area contributed by atoms with Crippen LogP contribution in [0.1, 0.15) is 52.4 Å². The summed E-state index contributed by atoms with van der Waals surface area (Å²) in [6, 6.07) is 0. The first-order valence-electron chi connectivity index (χ1n) is 6.23. The van der Waals surface area contributed by atoms with Gasteiger partial charge in [0.25, 0.3) is 0 Å². The van der Waals surface area contributed by atoms with Gasteiger partial charge < -0.3 is 0 Å². The van der Waals surface area contributed by atoms with Crippen molar-refractivity contribution in [1.82, 2.24) is 0 Å². The van der Waals surface area contributed by atoms with Crippen molar-refractivity contribution in [3.63, 3.8) is 0 Å². The molecule has 0 saturated heterocycles. The highest BCUT2D eigenvalue weighted by atomic mass is 14.6. The van der Waals surface area contributed by atoms with Crippen LogP contribution in [0.25, 0.3) is 0 Å². The number of fused-ring (bicyclic) bond motifs is 1. The zero-order valence-corrected chi connectivity index (χ0v) is 9.05. The molecule has 0 aromatic heterocycles. The van der Waals surface area contributed by atoms with E-state index in [1.807, 2.05) is 0 Å². The van der Waals surface area contributed by atoms with Gasteiger partial charge in [-0.3, -0.25) is 0 Å². The minimum atomic E-state index is 0.759. The van der Waals surface area contributed by atoms with Gasteiger partial charge >= 0.3 is 0 Å². The van der Waals surface area contributed by atoms with Crippen LogP contribution >= 0.6 is 0 Å². The average molecular weight is 178 g/mol. The van der Waals surface area contributed by atoms with Gasteiger partial charge in [-0.2, -0.15) is 0 Å². The fourth-order valence-corrected chi connectivity index (χ4v) is 5.14. The van der Waals surface area contributed by atoms with Gasteiger partial charge in [-0.25, -0.2) is 0 Å². The summed E-state index contributed by atoms with van der Waals surface area (Å²) in [4.78, 5) is 0. The molecule has 0 spiro atoms. The van der Waals surface area contributed by atoms with Gasteiger partial charge in [0.15, 0.2) is 0 Å². The van der Waals surface area contributed by atoms with Crippen LogP contribution in [-0.4, -0.2) is 0 Å². The van der Waals surface area contributed by atoms with Crippen LogP contribution in [0.4, 0.5) is 0 Å². The summed E-state index contributed by atoms with van der Waals surface area (Å²) >= 11 is 0. The summed E-state index contributed by atoms with van der Waals surface area (Å²) in [7, 11) is 0. The number of hydrogen-bond donors (Lipinski definition) is 0. The number of hydrogen-bond acceptors (Lipinski definition) is 0. The molecule has 3 aliphatic rings. The van der Waals surface area contributed by atoms with Gasteiger partial charge in [-0.1, -0.05) is 20.3 Å². The molecule has 0 aliphatic heterocycles. The fourth-order valence-electron chi connectivity index (χ4n) is 5.14. The Morgan fingerprint density at radius 2 is 2.08 bits per heavy atom. The SMILES string of the molecule is CCCC1(C)CC2CC3CC2C1C3. The van der Waals surface area contributed by atoms with Crippen molar-refractivity contribution in [2.75, 3.05) is 0 Å². The van der Waals surface area contributed by atoms with E-state index in [9.17, 15) is 0 Å². The first-order valence-corrected chi connectivity index (χ1v) is 6.23. The Kier molecular flexibility index (Phi) is 1.61. The summed E-state index contributed by atoms with van der Waals surface area (Å²) in [5.41, 5.74) is 0.759.